The number of alkyl halides is 1. The molecule has 3 aromatic rings. The Morgan fingerprint density at radius 1 is 0.968 bits per heavy atom. The topological polar surface area (TPSA) is 39.1 Å². The number of fused-ring (bicyclic) bond motifs is 3. The van der Waals surface area contributed by atoms with Gasteiger partial charge in [-0.3, -0.25) is 9.59 Å². The summed E-state index contributed by atoms with van der Waals surface area (Å²) in [6.45, 7) is 4.98. The van der Waals surface area contributed by atoms with E-state index >= 15 is 0 Å². The molecular weight excluding hydrogens is 450 g/mol. The predicted molar refractivity (Wildman–Crippen MR) is 133 cm³/mol. The Balaban J connectivity index is 1.68. The number of carbonyl (C=O) groups is 2. The summed E-state index contributed by atoms with van der Waals surface area (Å²) in [6, 6.07) is 12.1. The van der Waals surface area contributed by atoms with E-state index in [0.29, 0.717) is 12.3 Å². The summed E-state index contributed by atoms with van der Waals surface area (Å²) in [5, 5.41) is 2.12. The lowest BCUT2D eigenvalue weighted by Crippen LogP contribution is -2.12. The molecule has 1 atom stereocenters. The van der Waals surface area contributed by atoms with Gasteiger partial charge in [-0.25, -0.2) is 0 Å². The van der Waals surface area contributed by atoms with Crippen molar-refractivity contribution < 1.29 is 9.59 Å². The largest absolute Gasteiger partial charge is 0.341 e. The second-order valence-corrected chi connectivity index (χ2v) is 10.0. The molecule has 0 radical (unpaired) electrons. The number of nitrogens with zero attached hydrogens (tertiary/aromatic N) is 1. The highest BCUT2D eigenvalue weighted by Gasteiger charge is 2.19. The van der Waals surface area contributed by atoms with E-state index in [1.165, 1.54) is 32.1 Å². The lowest BCUT2D eigenvalue weighted by atomic mass is 9.85. The minimum absolute atomic E-state index is 0.113. The molecule has 1 fully saturated rings. The van der Waals surface area contributed by atoms with Crippen molar-refractivity contribution in [3.05, 3.63) is 47.5 Å². The van der Waals surface area contributed by atoms with E-state index in [9.17, 15) is 9.59 Å². The second kappa shape index (κ2) is 9.68. The van der Waals surface area contributed by atoms with Gasteiger partial charge in [-0.15, -0.1) is 0 Å². The van der Waals surface area contributed by atoms with Crippen molar-refractivity contribution in [2.45, 2.75) is 76.6 Å². The summed E-state index contributed by atoms with van der Waals surface area (Å²) in [6.07, 6.45) is 8.93. The van der Waals surface area contributed by atoms with Gasteiger partial charge in [0.05, 0.1) is 4.83 Å². The van der Waals surface area contributed by atoms with Gasteiger partial charge in [0.2, 0.25) is 0 Å². The van der Waals surface area contributed by atoms with Crippen LogP contribution < -0.4 is 0 Å². The third-order valence-corrected chi connectivity index (χ3v) is 8.00. The van der Waals surface area contributed by atoms with Gasteiger partial charge in [0.25, 0.3) is 0 Å². The number of rotatable bonds is 8. The number of benzene rings is 2. The summed E-state index contributed by atoms with van der Waals surface area (Å²) in [5.74, 6) is 1.07. The molecule has 0 aliphatic heterocycles. The van der Waals surface area contributed by atoms with Gasteiger partial charge in [0.15, 0.2) is 11.6 Å². The average Bonchev–Trinajstić information content (AvgIpc) is 3.14. The third-order valence-electron chi connectivity index (χ3n) is 6.93. The molecule has 1 unspecified atom stereocenters. The maximum absolute atomic E-state index is 13.0. The number of carbonyl (C=O) groups excluding carboxylic acids is 2. The number of aryl methyl sites for hydroxylation is 1. The lowest BCUT2D eigenvalue weighted by Gasteiger charge is -2.20. The molecule has 1 saturated carbocycles. The normalized spacial score (nSPS) is 16.1. The van der Waals surface area contributed by atoms with E-state index < -0.39 is 0 Å². The van der Waals surface area contributed by atoms with Crippen LogP contribution in [-0.4, -0.2) is 21.0 Å². The number of hydrogen-bond donors (Lipinski definition) is 0. The van der Waals surface area contributed by atoms with E-state index in [1.54, 1.807) is 0 Å². The molecule has 0 spiro atoms. The summed E-state index contributed by atoms with van der Waals surface area (Å²) >= 11 is 3.49. The van der Waals surface area contributed by atoms with Crippen LogP contribution in [0.1, 0.15) is 85.9 Å². The fourth-order valence-electron chi connectivity index (χ4n) is 5.09. The van der Waals surface area contributed by atoms with Crippen molar-refractivity contribution in [3.8, 4) is 0 Å². The fourth-order valence-corrected chi connectivity index (χ4v) is 5.36. The van der Waals surface area contributed by atoms with Gasteiger partial charge in [-0.1, -0.05) is 55.0 Å². The molecule has 0 saturated heterocycles. The molecule has 164 valence electrons. The van der Waals surface area contributed by atoms with Crippen LogP contribution in [0.3, 0.4) is 0 Å². The predicted octanol–water partition coefficient (Wildman–Crippen LogP) is 7.71. The van der Waals surface area contributed by atoms with E-state index in [2.05, 4.69) is 33.5 Å². The summed E-state index contributed by atoms with van der Waals surface area (Å²) in [5.41, 5.74) is 3.75. The van der Waals surface area contributed by atoms with Gasteiger partial charge in [-0.05, 0) is 62.1 Å². The molecule has 1 aliphatic rings. The molecule has 4 rings (SSSR count). The standard InChI is InChI=1S/C27H32BrNO2/c1-3-23(28)27(31)20-12-14-25-22(17-20)21-16-19(11-13-24(21)29(25)4-2)26(30)15-10-18-8-6-5-7-9-18/h11-14,16-18,23H,3-10,15H2,1-2H3. The number of halogens is 1. The van der Waals surface area contributed by atoms with Crippen LogP contribution in [0.4, 0.5) is 0 Å². The van der Waals surface area contributed by atoms with Crippen molar-refractivity contribution in [3.63, 3.8) is 0 Å². The number of ketones is 2. The third kappa shape index (κ3) is 4.50. The number of hydrogen-bond acceptors (Lipinski definition) is 2. The Kier molecular flexibility index (Phi) is 6.95. The maximum Gasteiger partial charge on any atom is 0.176 e. The fraction of sp³-hybridized carbons (Fsp3) is 0.481. The van der Waals surface area contributed by atoms with Gasteiger partial charge in [-0.2, -0.15) is 0 Å². The Bertz CT molecular complexity index is 1110. The van der Waals surface area contributed by atoms with Crippen molar-refractivity contribution in [1.29, 1.82) is 0 Å². The van der Waals surface area contributed by atoms with Crippen LogP contribution in [0.15, 0.2) is 36.4 Å². The Hall–Kier alpha value is -1.94. The molecule has 2 aromatic carbocycles. The van der Waals surface area contributed by atoms with E-state index in [1.807, 2.05) is 37.3 Å². The first-order chi connectivity index (χ1) is 15.0. The molecular formula is C27H32BrNO2. The highest BCUT2D eigenvalue weighted by atomic mass is 79.9. The van der Waals surface area contributed by atoms with Crippen LogP contribution in [0.2, 0.25) is 0 Å². The highest BCUT2D eigenvalue weighted by molar-refractivity contribution is 9.10. The first kappa shape index (κ1) is 22.3. The molecule has 31 heavy (non-hydrogen) atoms. The Labute approximate surface area is 193 Å². The van der Waals surface area contributed by atoms with E-state index in [-0.39, 0.29) is 16.4 Å². The van der Waals surface area contributed by atoms with Crippen LogP contribution in [0, 0.1) is 5.92 Å². The monoisotopic (exact) mass is 481 g/mol. The minimum Gasteiger partial charge on any atom is -0.341 e. The Morgan fingerprint density at radius 3 is 2.19 bits per heavy atom. The Morgan fingerprint density at radius 2 is 1.58 bits per heavy atom. The maximum atomic E-state index is 13.0. The van der Waals surface area contributed by atoms with Gasteiger partial charge < -0.3 is 4.57 Å². The summed E-state index contributed by atoms with van der Waals surface area (Å²) < 4.78 is 2.26. The molecule has 0 bridgehead atoms. The molecule has 1 aliphatic carbocycles. The summed E-state index contributed by atoms with van der Waals surface area (Å²) in [4.78, 5) is 25.5. The molecule has 1 aromatic heterocycles. The molecule has 1 heterocycles. The van der Waals surface area contributed by atoms with Crippen molar-refractivity contribution in [1.82, 2.24) is 4.57 Å². The zero-order valence-electron chi connectivity index (χ0n) is 18.6. The SMILES string of the molecule is CCC(Br)C(=O)c1ccc2c(c1)c1cc(C(=O)CCC3CCCCC3)ccc1n2CC. The zero-order chi connectivity index (χ0) is 22.0. The number of Topliss-reactive ketones (excluding diaryl/α,β-unsaturated/α-hetero) is 2. The second-order valence-electron chi connectivity index (χ2n) is 8.91. The highest BCUT2D eigenvalue weighted by Crippen LogP contribution is 2.32. The van der Waals surface area contributed by atoms with Crippen LogP contribution in [0.25, 0.3) is 21.8 Å². The number of aromatic nitrogens is 1. The molecule has 0 amide bonds. The minimum atomic E-state index is -0.165. The first-order valence-corrected chi connectivity index (χ1v) is 12.7. The van der Waals surface area contributed by atoms with Crippen LogP contribution in [-0.2, 0) is 6.54 Å². The van der Waals surface area contributed by atoms with E-state index in [0.717, 1.165) is 52.3 Å². The van der Waals surface area contributed by atoms with E-state index in [4.69, 9.17) is 0 Å². The van der Waals surface area contributed by atoms with Crippen LogP contribution >= 0.6 is 15.9 Å². The first-order valence-electron chi connectivity index (χ1n) is 11.8. The van der Waals surface area contributed by atoms with Crippen molar-refractivity contribution >= 4 is 49.3 Å². The molecule has 3 nitrogen and oxygen atoms in total. The van der Waals surface area contributed by atoms with Crippen molar-refractivity contribution in [2.75, 3.05) is 0 Å². The van der Waals surface area contributed by atoms with Gasteiger partial charge in [0.1, 0.15) is 0 Å². The quantitative estimate of drug-likeness (QED) is 0.244. The molecule has 4 heteroatoms. The van der Waals surface area contributed by atoms with Gasteiger partial charge in [0, 0.05) is 45.9 Å². The molecule has 0 N–H and O–H groups in total. The summed E-state index contributed by atoms with van der Waals surface area (Å²) in [7, 11) is 0. The van der Waals surface area contributed by atoms with Crippen molar-refractivity contribution in [2.24, 2.45) is 5.92 Å². The van der Waals surface area contributed by atoms with Gasteiger partial charge >= 0.3 is 0 Å². The average molecular weight is 482 g/mol. The smallest absolute Gasteiger partial charge is 0.176 e. The lowest BCUT2D eigenvalue weighted by molar-refractivity contribution is 0.0967. The zero-order valence-corrected chi connectivity index (χ0v) is 20.2. The van der Waals surface area contributed by atoms with Crippen LogP contribution in [0.5, 0.6) is 0 Å².